The van der Waals surface area contributed by atoms with E-state index in [1.54, 1.807) is 18.2 Å². The summed E-state index contributed by atoms with van der Waals surface area (Å²) in [6.07, 6.45) is -5.77. The van der Waals surface area contributed by atoms with Crippen molar-refractivity contribution in [3.8, 4) is 0 Å². The number of aliphatic hydroxyl groups excluding tert-OH is 1. The molecule has 2 heterocycles. The van der Waals surface area contributed by atoms with Crippen LogP contribution in [0.2, 0.25) is 10.0 Å². The van der Waals surface area contributed by atoms with E-state index in [1.165, 1.54) is 12.1 Å². The number of alkyl halides is 3. The van der Waals surface area contributed by atoms with Crippen LogP contribution in [0.5, 0.6) is 0 Å². The van der Waals surface area contributed by atoms with E-state index in [-0.39, 0.29) is 28.1 Å². The summed E-state index contributed by atoms with van der Waals surface area (Å²) in [5.74, 6) is -1.14. The molecule has 0 radical (unpaired) electrons. The highest BCUT2D eigenvalue weighted by Crippen LogP contribution is 2.30. The fourth-order valence-corrected chi connectivity index (χ4v) is 2.84. The number of nitrogens with zero attached hydrogens (tertiary/aromatic N) is 4. The number of rotatable bonds is 4. The highest BCUT2D eigenvalue weighted by atomic mass is 35.5. The quantitative estimate of drug-likeness (QED) is 0.710. The van der Waals surface area contributed by atoms with Gasteiger partial charge in [0.15, 0.2) is 5.65 Å². The molecule has 11 heteroatoms. The van der Waals surface area contributed by atoms with Crippen molar-refractivity contribution in [3.05, 3.63) is 51.8 Å². The third-order valence-corrected chi connectivity index (χ3v) is 3.99. The number of aliphatic hydroxyl groups is 1. The van der Waals surface area contributed by atoms with Crippen molar-refractivity contribution >= 4 is 34.7 Å². The van der Waals surface area contributed by atoms with Crippen LogP contribution in [0.3, 0.4) is 0 Å². The SMILES string of the molecule is OC(CNc1ccc2nnc(C(F)(F)F)n2n1)c1c(Cl)cccc1Cl. The Bertz CT molecular complexity index is 895. The third kappa shape index (κ3) is 3.63. The van der Waals surface area contributed by atoms with Crippen LogP contribution in [0.1, 0.15) is 17.5 Å². The molecule has 3 rings (SSSR count). The molecule has 0 aliphatic rings. The number of fused-ring (bicyclic) bond motifs is 1. The molecular weight excluding hydrogens is 382 g/mol. The highest BCUT2D eigenvalue weighted by molar-refractivity contribution is 6.36. The van der Waals surface area contributed by atoms with E-state index in [0.29, 0.717) is 10.1 Å². The average molecular weight is 392 g/mol. The van der Waals surface area contributed by atoms with Crippen LogP contribution in [0.25, 0.3) is 5.65 Å². The lowest BCUT2D eigenvalue weighted by Gasteiger charge is -2.15. The first-order chi connectivity index (χ1) is 11.8. The molecule has 0 aliphatic carbocycles. The number of hydrogen-bond donors (Lipinski definition) is 2. The van der Waals surface area contributed by atoms with Gasteiger partial charge in [-0.1, -0.05) is 29.3 Å². The van der Waals surface area contributed by atoms with Crippen molar-refractivity contribution in [1.82, 2.24) is 19.8 Å². The molecule has 0 saturated heterocycles. The van der Waals surface area contributed by atoms with E-state index < -0.39 is 18.1 Å². The Kier molecular flexibility index (Phi) is 4.72. The fraction of sp³-hybridized carbons (Fsp3) is 0.214. The molecule has 3 aromatic rings. The molecule has 6 nitrogen and oxygen atoms in total. The fourth-order valence-electron chi connectivity index (χ4n) is 2.19. The van der Waals surface area contributed by atoms with Crippen LogP contribution >= 0.6 is 23.2 Å². The Balaban J connectivity index is 1.81. The Morgan fingerprint density at radius 1 is 1.12 bits per heavy atom. The van der Waals surface area contributed by atoms with Crippen LogP contribution in [-0.2, 0) is 6.18 Å². The van der Waals surface area contributed by atoms with E-state index in [9.17, 15) is 18.3 Å². The van der Waals surface area contributed by atoms with Gasteiger partial charge in [-0.15, -0.1) is 15.3 Å². The molecule has 0 amide bonds. The first kappa shape index (κ1) is 17.7. The van der Waals surface area contributed by atoms with Crippen LogP contribution in [0, 0.1) is 0 Å². The van der Waals surface area contributed by atoms with Gasteiger partial charge in [0.05, 0.1) is 6.10 Å². The van der Waals surface area contributed by atoms with Gasteiger partial charge < -0.3 is 10.4 Å². The summed E-state index contributed by atoms with van der Waals surface area (Å²) in [5.41, 5.74) is 0.271. The van der Waals surface area contributed by atoms with Gasteiger partial charge >= 0.3 is 6.18 Å². The molecule has 1 unspecified atom stereocenters. The van der Waals surface area contributed by atoms with Crippen LogP contribution in [0.4, 0.5) is 19.0 Å². The van der Waals surface area contributed by atoms with Gasteiger partial charge in [0, 0.05) is 22.2 Å². The maximum Gasteiger partial charge on any atom is 0.453 e. The minimum atomic E-state index is -4.68. The Labute approximate surface area is 149 Å². The summed E-state index contributed by atoms with van der Waals surface area (Å²) in [5, 5.41) is 23.8. The predicted octanol–water partition coefficient (Wildman–Crippen LogP) is 3.60. The molecule has 25 heavy (non-hydrogen) atoms. The van der Waals surface area contributed by atoms with Crippen molar-refractivity contribution in [2.24, 2.45) is 0 Å². The second-order valence-corrected chi connectivity index (χ2v) is 5.86. The van der Waals surface area contributed by atoms with Gasteiger partial charge in [0.2, 0.25) is 0 Å². The Hall–Kier alpha value is -2.10. The molecule has 1 atom stereocenters. The van der Waals surface area contributed by atoms with E-state index in [2.05, 4.69) is 20.6 Å². The average Bonchev–Trinajstić information content (AvgIpc) is 2.96. The maximum atomic E-state index is 12.9. The lowest BCUT2D eigenvalue weighted by atomic mass is 10.1. The number of hydrogen-bond acceptors (Lipinski definition) is 5. The summed E-state index contributed by atoms with van der Waals surface area (Å²) < 4.78 is 39.1. The summed E-state index contributed by atoms with van der Waals surface area (Å²) in [6, 6.07) is 7.53. The number of anilines is 1. The van der Waals surface area contributed by atoms with Gasteiger partial charge in [-0.2, -0.15) is 17.7 Å². The molecule has 0 saturated carbocycles. The van der Waals surface area contributed by atoms with Gasteiger partial charge in [0.1, 0.15) is 5.82 Å². The molecule has 1 aromatic carbocycles. The number of aromatic nitrogens is 4. The molecule has 2 N–H and O–H groups in total. The monoisotopic (exact) mass is 391 g/mol. The van der Waals surface area contributed by atoms with E-state index >= 15 is 0 Å². The number of benzene rings is 1. The van der Waals surface area contributed by atoms with Gasteiger partial charge in [-0.25, -0.2) is 0 Å². The normalized spacial score (nSPS) is 13.2. The highest BCUT2D eigenvalue weighted by Gasteiger charge is 2.37. The molecule has 0 bridgehead atoms. The first-order valence-corrected chi connectivity index (χ1v) is 7.68. The van der Waals surface area contributed by atoms with Gasteiger partial charge in [0.25, 0.3) is 5.82 Å². The van der Waals surface area contributed by atoms with E-state index in [1.807, 2.05) is 0 Å². The minimum Gasteiger partial charge on any atom is -0.386 e. The summed E-state index contributed by atoms with van der Waals surface area (Å²) >= 11 is 12.0. The molecule has 0 spiro atoms. The maximum absolute atomic E-state index is 12.9. The zero-order valence-corrected chi connectivity index (χ0v) is 13.8. The molecule has 2 aromatic heterocycles. The Morgan fingerprint density at radius 2 is 1.80 bits per heavy atom. The van der Waals surface area contributed by atoms with Gasteiger partial charge in [-0.05, 0) is 24.3 Å². The second kappa shape index (κ2) is 6.66. The lowest BCUT2D eigenvalue weighted by molar-refractivity contribution is -0.146. The smallest absolute Gasteiger partial charge is 0.386 e. The molecule has 132 valence electrons. The Morgan fingerprint density at radius 3 is 2.44 bits per heavy atom. The van der Waals surface area contributed by atoms with Crippen molar-refractivity contribution in [3.63, 3.8) is 0 Å². The lowest BCUT2D eigenvalue weighted by Crippen LogP contribution is -2.16. The summed E-state index contributed by atoms with van der Waals surface area (Å²) in [4.78, 5) is 0. The second-order valence-electron chi connectivity index (χ2n) is 5.04. The van der Waals surface area contributed by atoms with Crippen molar-refractivity contribution in [2.45, 2.75) is 12.3 Å². The largest absolute Gasteiger partial charge is 0.453 e. The van der Waals surface area contributed by atoms with Crippen molar-refractivity contribution in [2.75, 3.05) is 11.9 Å². The van der Waals surface area contributed by atoms with E-state index in [0.717, 1.165) is 0 Å². The number of nitrogens with one attached hydrogen (secondary N) is 1. The standard InChI is InChI=1S/C14H10Cl2F3N5O/c15-7-2-1-3-8(16)12(7)9(25)6-20-10-4-5-11-21-22-13(14(17,18)19)24(11)23-10/h1-5,9,25H,6H2,(H,20,23). The summed E-state index contributed by atoms with van der Waals surface area (Å²) in [7, 11) is 0. The van der Waals surface area contributed by atoms with Crippen LogP contribution in [-0.4, -0.2) is 31.5 Å². The minimum absolute atomic E-state index is 0.0485. The van der Waals surface area contributed by atoms with Crippen molar-refractivity contribution in [1.29, 1.82) is 0 Å². The van der Waals surface area contributed by atoms with Crippen LogP contribution < -0.4 is 5.32 Å². The van der Waals surface area contributed by atoms with Crippen molar-refractivity contribution < 1.29 is 18.3 Å². The first-order valence-electron chi connectivity index (χ1n) is 6.93. The number of halogens is 5. The molecule has 0 aliphatic heterocycles. The third-order valence-electron chi connectivity index (χ3n) is 3.33. The molecule has 0 fully saturated rings. The topological polar surface area (TPSA) is 75.3 Å². The molecular formula is C14H10Cl2F3N5O. The summed E-state index contributed by atoms with van der Waals surface area (Å²) in [6.45, 7) is -0.0641. The van der Waals surface area contributed by atoms with Crippen LogP contribution in [0.15, 0.2) is 30.3 Å². The predicted molar refractivity (Wildman–Crippen MR) is 85.7 cm³/mol. The zero-order valence-electron chi connectivity index (χ0n) is 12.3. The zero-order chi connectivity index (χ0) is 18.2. The van der Waals surface area contributed by atoms with Gasteiger partial charge in [-0.3, -0.25) is 0 Å². The van der Waals surface area contributed by atoms with E-state index in [4.69, 9.17) is 23.2 Å².